The Balaban J connectivity index is 2.23. The largest absolute Gasteiger partial charge is 0.483 e. The number of ether oxygens (including phenoxy) is 1. The van der Waals surface area contributed by atoms with Crippen LogP contribution in [0.25, 0.3) is 0 Å². The molecule has 0 fully saturated rings. The number of thiophene rings is 1. The summed E-state index contributed by atoms with van der Waals surface area (Å²) in [7, 11) is 0. The van der Waals surface area contributed by atoms with Gasteiger partial charge in [0.2, 0.25) is 0 Å². The van der Waals surface area contributed by atoms with Crippen LogP contribution in [0.3, 0.4) is 0 Å². The highest BCUT2D eigenvalue weighted by atomic mass is 35.5. The Bertz CT molecular complexity index is 538. The summed E-state index contributed by atoms with van der Waals surface area (Å²) in [5, 5.41) is 2.78. The summed E-state index contributed by atoms with van der Waals surface area (Å²) in [6.45, 7) is 4.52. The molecule has 0 aliphatic heterocycles. The quantitative estimate of drug-likeness (QED) is 0.916. The topological polar surface area (TPSA) is 35.2 Å². The van der Waals surface area contributed by atoms with E-state index in [4.69, 9.17) is 22.1 Å². The van der Waals surface area contributed by atoms with Crippen LogP contribution < -0.4 is 10.5 Å². The lowest BCUT2D eigenvalue weighted by molar-refractivity contribution is 0.216. The summed E-state index contributed by atoms with van der Waals surface area (Å²) >= 11 is 7.61. The molecule has 1 unspecified atom stereocenters. The van der Waals surface area contributed by atoms with Gasteiger partial charge in [0.1, 0.15) is 11.9 Å². The molecule has 2 N–H and O–H groups in total. The van der Waals surface area contributed by atoms with Gasteiger partial charge in [0.15, 0.2) is 0 Å². The third kappa shape index (κ3) is 2.86. The maximum absolute atomic E-state index is 6.00. The Kier molecular flexibility index (Phi) is 4.27. The predicted molar refractivity (Wildman–Crippen MR) is 77.7 cm³/mol. The monoisotopic (exact) mass is 281 g/mol. The van der Waals surface area contributed by atoms with Crippen molar-refractivity contribution in [2.75, 3.05) is 6.54 Å². The zero-order valence-corrected chi connectivity index (χ0v) is 12.0. The van der Waals surface area contributed by atoms with Crippen molar-refractivity contribution in [2.45, 2.75) is 20.0 Å². The Morgan fingerprint density at radius 1 is 1.28 bits per heavy atom. The molecule has 2 aromatic rings. The van der Waals surface area contributed by atoms with Gasteiger partial charge < -0.3 is 10.5 Å². The van der Waals surface area contributed by atoms with Gasteiger partial charge in [-0.1, -0.05) is 11.6 Å². The molecule has 1 aromatic heterocycles. The SMILES string of the molecule is Cc1cc(Cl)ccc1OC(CN)c1sccc1C. The van der Waals surface area contributed by atoms with Crippen LogP contribution in [0.2, 0.25) is 5.02 Å². The normalized spacial score (nSPS) is 12.4. The summed E-state index contributed by atoms with van der Waals surface area (Å²) in [5.74, 6) is 0.836. The van der Waals surface area contributed by atoms with E-state index in [1.54, 1.807) is 11.3 Å². The molecule has 0 aliphatic carbocycles. The molecule has 2 rings (SSSR count). The van der Waals surface area contributed by atoms with Gasteiger partial charge in [-0.15, -0.1) is 11.3 Å². The third-order valence-corrected chi connectivity index (χ3v) is 4.16. The highest BCUT2D eigenvalue weighted by molar-refractivity contribution is 7.10. The van der Waals surface area contributed by atoms with Crippen molar-refractivity contribution in [3.8, 4) is 5.75 Å². The molecule has 2 nitrogen and oxygen atoms in total. The summed E-state index contributed by atoms with van der Waals surface area (Å²) in [5.41, 5.74) is 8.06. The average Bonchev–Trinajstić information content (AvgIpc) is 2.75. The maximum atomic E-state index is 6.00. The second-order valence-electron chi connectivity index (χ2n) is 4.22. The van der Waals surface area contributed by atoms with E-state index in [0.717, 1.165) is 16.3 Å². The molecule has 0 spiro atoms. The molecule has 1 aromatic carbocycles. The van der Waals surface area contributed by atoms with E-state index in [1.807, 2.05) is 25.1 Å². The van der Waals surface area contributed by atoms with Crippen molar-refractivity contribution < 1.29 is 4.74 Å². The van der Waals surface area contributed by atoms with Crippen LogP contribution >= 0.6 is 22.9 Å². The molecular formula is C14H16ClNOS. The molecule has 18 heavy (non-hydrogen) atoms. The molecule has 96 valence electrons. The van der Waals surface area contributed by atoms with Gasteiger partial charge in [-0.25, -0.2) is 0 Å². The molecule has 0 amide bonds. The highest BCUT2D eigenvalue weighted by Gasteiger charge is 2.16. The Labute approximate surface area is 116 Å². The molecule has 0 saturated heterocycles. The number of aryl methyl sites for hydroxylation is 2. The lowest BCUT2D eigenvalue weighted by atomic mass is 10.2. The van der Waals surface area contributed by atoms with Gasteiger partial charge >= 0.3 is 0 Å². The summed E-state index contributed by atoms with van der Waals surface area (Å²) in [4.78, 5) is 1.19. The van der Waals surface area contributed by atoms with Crippen molar-refractivity contribution >= 4 is 22.9 Å². The number of hydrogen-bond acceptors (Lipinski definition) is 3. The Morgan fingerprint density at radius 2 is 2.06 bits per heavy atom. The first kappa shape index (κ1) is 13.4. The van der Waals surface area contributed by atoms with Gasteiger partial charge in [0, 0.05) is 16.4 Å². The maximum Gasteiger partial charge on any atom is 0.145 e. The number of hydrogen-bond donors (Lipinski definition) is 1. The lowest BCUT2D eigenvalue weighted by Crippen LogP contribution is -2.18. The fourth-order valence-electron chi connectivity index (χ4n) is 1.82. The fourth-order valence-corrected chi connectivity index (χ4v) is 3.02. The molecule has 0 radical (unpaired) electrons. The van der Waals surface area contributed by atoms with Crippen molar-refractivity contribution in [1.82, 2.24) is 0 Å². The van der Waals surface area contributed by atoms with Crippen LogP contribution in [0, 0.1) is 13.8 Å². The standard InChI is InChI=1S/C14H16ClNOS/c1-9-5-6-18-14(9)13(8-16)17-12-4-3-11(15)7-10(12)2/h3-7,13H,8,16H2,1-2H3. The lowest BCUT2D eigenvalue weighted by Gasteiger charge is -2.18. The predicted octanol–water partition coefficient (Wildman–Crippen LogP) is 4.10. The first-order valence-electron chi connectivity index (χ1n) is 5.78. The van der Waals surface area contributed by atoms with Crippen LogP contribution in [0.1, 0.15) is 22.1 Å². The van der Waals surface area contributed by atoms with E-state index >= 15 is 0 Å². The second-order valence-corrected chi connectivity index (χ2v) is 5.60. The second kappa shape index (κ2) is 5.74. The number of rotatable bonds is 4. The van der Waals surface area contributed by atoms with Gasteiger partial charge in [0.05, 0.1) is 0 Å². The summed E-state index contributed by atoms with van der Waals surface area (Å²) < 4.78 is 6.00. The highest BCUT2D eigenvalue weighted by Crippen LogP contribution is 2.30. The fraction of sp³-hybridized carbons (Fsp3) is 0.286. The van der Waals surface area contributed by atoms with Crippen LogP contribution in [-0.2, 0) is 0 Å². The zero-order valence-electron chi connectivity index (χ0n) is 10.4. The van der Waals surface area contributed by atoms with Gasteiger partial charge in [-0.3, -0.25) is 0 Å². The minimum absolute atomic E-state index is 0.0927. The Hall–Kier alpha value is -1.03. The van der Waals surface area contributed by atoms with Gasteiger partial charge in [-0.05, 0) is 54.6 Å². The first-order valence-corrected chi connectivity index (χ1v) is 7.04. The van der Waals surface area contributed by atoms with Crippen molar-refractivity contribution in [3.05, 3.63) is 50.7 Å². The summed E-state index contributed by atoms with van der Waals surface area (Å²) in [6, 6.07) is 7.70. The number of benzene rings is 1. The van der Waals surface area contributed by atoms with Crippen LogP contribution in [0.5, 0.6) is 5.75 Å². The van der Waals surface area contributed by atoms with Gasteiger partial charge in [-0.2, -0.15) is 0 Å². The van der Waals surface area contributed by atoms with Crippen LogP contribution in [0.15, 0.2) is 29.6 Å². The molecule has 1 heterocycles. The number of halogens is 1. The third-order valence-electron chi connectivity index (χ3n) is 2.81. The van der Waals surface area contributed by atoms with E-state index in [-0.39, 0.29) is 6.10 Å². The van der Waals surface area contributed by atoms with Crippen molar-refractivity contribution in [3.63, 3.8) is 0 Å². The first-order chi connectivity index (χ1) is 8.61. The molecule has 0 bridgehead atoms. The molecule has 0 aliphatic rings. The van der Waals surface area contributed by atoms with E-state index < -0.39 is 0 Å². The minimum atomic E-state index is -0.0927. The van der Waals surface area contributed by atoms with E-state index in [0.29, 0.717) is 6.54 Å². The molecular weight excluding hydrogens is 266 g/mol. The average molecular weight is 282 g/mol. The van der Waals surface area contributed by atoms with E-state index in [9.17, 15) is 0 Å². The van der Waals surface area contributed by atoms with Gasteiger partial charge in [0.25, 0.3) is 0 Å². The van der Waals surface area contributed by atoms with Crippen molar-refractivity contribution in [1.29, 1.82) is 0 Å². The molecule has 4 heteroatoms. The van der Waals surface area contributed by atoms with E-state index in [1.165, 1.54) is 10.4 Å². The smallest absolute Gasteiger partial charge is 0.145 e. The van der Waals surface area contributed by atoms with E-state index in [2.05, 4.69) is 18.4 Å². The van der Waals surface area contributed by atoms with Crippen LogP contribution in [-0.4, -0.2) is 6.54 Å². The number of nitrogens with two attached hydrogens (primary N) is 1. The Morgan fingerprint density at radius 3 is 2.61 bits per heavy atom. The molecule has 0 saturated carbocycles. The molecule has 1 atom stereocenters. The minimum Gasteiger partial charge on any atom is -0.483 e. The van der Waals surface area contributed by atoms with Crippen molar-refractivity contribution in [2.24, 2.45) is 5.73 Å². The summed E-state index contributed by atoms with van der Waals surface area (Å²) in [6.07, 6.45) is -0.0927. The van der Waals surface area contributed by atoms with Crippen LogP contribution in [0.4, 0.5) is 0 Å². The zero-order chi connectivity index (χ0) is 13.1.